The molecule has 1 aromatic rings. The van der Waals surface area contributed by atoms with Gasteiger partial charge in [0, 0.05) is 50.2 Å². The molecule has 0 radical (unpaired) electrons. The van der Waals surface area contributed by atoms with E-state index in [4.69, 9.17) is 23.2 Å². The lowest BCUT2D eigenvalue weighted by Crippen LogP contribution is -2.55. The lowest BCUT2D eigenvalue weighted by atomic mass is 9.95. The molecule has 5 nitrogen and oxygen atoms in total. The van der Waals surface area contributed by atoms with E-state index < -0.39 is 0 Å². The van der Waals surface area contributed by atoms with Gasteiger partial charge in [0.2, 0.25) is 5.91 Å². The number of nitrogens with zero attached hydrogens (tertiary/aromatic N) is 2. The van der Waals surface area contributed by atoms with Gasteiger partial charge in [0.05, 0.1) is 16.1 Å². The third-order valence-corrected chi connectivity index (χ3v) is 6.44. The highest BCUT2D eigenvalue weighted by Crippen LogP contribution is 2.43. The summed E-state index contributed by atoms with van der Waals surface area (Å²) >= 11 is 12.5. The van der Waals surface area contributed by atoms with Crippen molar-refractivity contribution in [2.24, 2.45) is 0 Å². The van der Waals surface area contributed by atoms with Crippen molar-refractivity contribution in [3.05, 3.63) is 27.7 Å². The van der Waals surface area contributed by atoms with Gasteiger partial charge in [-0.2, -0.15) is 0 Å². The van der Waals surface area contributed by atoms with Crippen LogP contribution in [0.25, 0.3) is 0 Å². The number of phenols is 1. The van der Waals surface area contributed by atoms with Gasteiger partial charge in [-0.3, -0.25) is 14.6 Å². The summed E-state index contributed by atoms with van der Waals surface area (Å²) in [5, 5.41) is 14.1. The van der Waals surface area contributed by atoms with E-state index in [9.17, 15) is 9.90 Å². The van der Waals surface area contributed by atoms with Crippen molar-refractivity contribution in [2.45, 2.75) is 30.8 Å². The lowest BCUT2D eigenvalue weighted by Gasteiger charge is -2.39. The van der Waals surface area contributed by atoms with Gasteiger partial charge in [-0.1, -0.05) is 23.2 Å². The molecular weight excluding hydrogens is 349 g/mol. The van der Waals surface area contributed by atoms with E-state index >= 15 is 0 Å². The molecule has 0 aliphatic carbocycles. The maximum absolute atomic E-state index is 11.9. The maximum atomic E-state index is 11.9. The van der Waals surface area contributed by atoms with Crippen LogP contribution in [0.3, 0.4) is 0 Å². The van der Waals surface area contributed by atoms with Gasteiger partial charge in [0.1, 0.15) is 5.75 Å². The lowest BCUT2D eigenvalue weighted by molar-refractivity contribution is -0.124. The fourth-order valence-corrected chi connectivity index (χ4v) is 4.91. The molecule has 3 aliphatic rings. The highest BCUT2D eigenvalue weighted by molar-refractivity contribution is 6.42. The highest BCUT2D eigenvalue weighted by atomic mass is 35.5. The van der Waals surface area contributed by atoms with Crippen LogP contribution in [0.2, 0.25) is 10.0 Å². The zero-order valence-corrected chi connectivity index (χ0v) is 14.9. The second-order valence-corrected chi connectivity index (χ2v) is 7.75. The molecule has 1 amide bonds. The van der Waals surface area contributed by atoms with Gasteiger partial charge >= 0.3 is 0 Å². The van der Waals surface area contributed by atoms with E-state index in [0.29, 0.717) is 16.1 Å². The number of hydrogen-bond acceptors (Lipinski definition) is 4. The predicted molar refractivity (Wildman–Crippen MR) is 93.8 cm³/mol. The van der Waals surface area contributed by atoms with E-state index in [1.54, 1.807) is 12.1 Å². The Morgan fingerprint density at radius 2 is 1.96 bits per heavy atom. The minimum atomic E-state index is 0.0226. The first-order chi connectivity index (χ1) is 11.5. The van der Waals surface area contributed by atoms with Crippen LogP contribution in [0.1, 0.15) is 24.3 Å². The van der Waals surface area contributed by atoms with Crippen LogP contribution in [0, 0.1) is 0 Å². The quantitative estimate of drug-likeness (QED) is 0.837. The molecular formula is C17H21Cl2N3O2. The monoisotopic (exact) mass is 369 g/mol. The summed E-state index contributed by atoms with van der Waals surface area (Å²) in [6, 6.07) is 3.67. The summed E-state index contributed by atoms with van der Waals surface area (Å²) in [4.78, 5) is 16.7. The van der Waals surface area contributed by atoms with Crippen LogP contribution in [0.4, 0.5) is 0 Å². The van der Waals surface area contributed by atoms with Crippen molar-refractivity contribution in [3.63, 3.8) is 0 Å². The van der Waals surface area contributed by atoms with E-state index in [1.807, 2.05) is 0 Å². The average molecular weight is 370 g/mol. The van der Waals surface area contributed by atoms with Crippen molar-refractivity contribution >= 4 is 29.1 Å². The maximum Gasteiger partial charge on any atom is 0.237 e. The highest BCUT2D eigenvalue weighted by Gasteiger charge is 2.41. The summed E-state index contributed by atoms with van der Waals surface area (Å²) in [6.07, 6.45) is 1.83. The Morgan fingerprint density at radius 1 is 1.17 bits per heavy atom. The molecule has 1 unspecified atom stereocenters. The Labute approximate surface area is 151 Å². The number of rotatable bonds is 2. The number of benzene rings is 1. The zero-order chi connectivity index (χ0) is 16.8. The molecule has 3 heterocycles. The molecule has 4 rings (SSSR count). The van der Waals surface area contributed by atoms with Gasteiger partial charge in [0.15, 0.2) is 0 Å². The first-order valence-electron chi connectivity index (χ1n) is 8.47. The van der Waals surface area contributed by atoms with Crippen molar-refractivity contribution in [2.75, 3.05) is 32.7 Å². The van der Waals surface area contributed by atoms with Crippen LogP contribution in [-0.4, -0.2) is 65.6 Å². The van der Waals surface area contributed by atoms with Gasteiger partial charge in [0.25, 0.3) is 0 Å². The predicted octanol–water partition coefficient (Wildman–Crippen LogP) is 2.06. The Bertz CT molecular complexity index is 669. The molecule has 130 valence electrons. The molecule has 3 atom stereocenters. The Hall–Kier alpha value is -1.01. The van der Waals surface area contributed by atoms with Crippen molar-refractivity contribution in [1.82, 2.24) is 15.1 Å². The number of amides is 1. The van der Waals surface area contributed by atoms with Gasteiger partial charge in [-0.05, 0) is 25.0 Å². The number of carbonyl (C=O) groups excluding carboxylic acids is 1. The standard InChI is InChI=1S/C17H21Cl2N3O2/c18-12-1-2-14(23)15(16(12)19)10-7-11-9-22(6-5-21(11)8-10)13-3-4-20-17(13)24/h1-2,10-11,13,23H,3-9H2,(H,20,24)/t10-,11-,13?/m0/s1. The number of phenolic OH excluding ortho intramolecular Hbond substituents is 1. The summed E-state index contributed by atoms with van der Waals surface area (Å²) < 4.78 is 0. The normalized spacial score (nSPS) is 31.2. The first-order valence-corrected chi connectivity index (χ1v) is 9.23. The van der Waals surface area contributed by atoms with Crippen molar-refractivity contribution in [1.29, 1.82) is 0 Å². The number of nitrogens with one attached hydrogen (secondary N) is 1. The average Bonchev–Trinajstić information content (AvgIpc) is 3.16. The molecule has 0 bridgehead atoms. The number of aromatic hydroxyl groups is 1. The largest absolute Gasteiger partial charge is 0.508 e. The fraction of sp³-hybridized carbons (Fsp3) is 0.588. The van der Waals surface area contributed by atoms with Gasteiger partial charge in [-0.15, -0.1) is 0 Å². The summed E-state index contributed by atoms with van der Waals surface area (Å²) in [6.45, 7) is 4.42. The summed E-state index contributed by atoms with van der Waals surface area (Å²) in [5.74, 6) is 0.563. The third kappa shape index (κ3) is 2.77. The van der Waals surface area contributed by atoms with E-state index in [-0.39, 0.29) is 23.6 Å². The number of hydrogen-bond donors (Lipinski definition) is 2. The van der Waals surface area contributed by atoms with Gasteiger partial charge < -0.3 is 10.4 Å². The Kier molecular flexibility index (Phi) is 4.37. The van der Waals surface area contributed by atoms with Crippen LogP contribution < -0.4 is 5.32 Å². The SMILES string of the molecule is O=C1NCCC1N1CCN2C[C@@H](c3c(O)ccc(Cl)c3Cl)C[C@H]2C1. The van der Waals surface area contributed by atoms with Gasteiger partial charge in [-0.25, -0.2) is 0 Å². The second kappa shape index (κ2) is 6.37. The minimum absolute atomic E-state index is 0.0226. The fourth-order valence-electron chi connectivity index (χ4n) is 4.43. The summed E-state index contributed by atoms with van der Waals surface area (Å²) in [7, 11) is 0. The van der Waals surface area contributed by atoms with E-state index in [0.717, 1.165) is 51.1 Å². The Morgan fingerprint density at radius 3 is 2.71 bits per heavy atom. The number of piperazine rings is 1. The number of carbonyl (C=O) groups is 1. The van der Waals surface area contributed by atoms with Crippen molar-refractivity contribution in [3.8, 4) is 5.75 Å². The summed E-state index contributed by atoms with van der Waals surface area (Å²) in [5.41, 5.74) is 0.767. The molecule has 3 fully saturated rings. The molecule has 0 aromatic heterocycles. The number of halogens is 2. The first kappa shape index (κ1) is 16.5. The molecule has 24 heavy (non-hydrogen) atoms. The van der Waals surface area contributed by atoms with E-state index in [1.165, 1.54) is 0 Å². The zero-order valence-electron chi connectivity index (χ0n) is 13.3. The van der Waals surface area contributed by atoms with Crippen molar-refractivity contribution < 1.29 is 9.90 Å². The molecule has 1 aromatic carbocycles. The van der Waals surface area contributed by atoms with Crippen LogP contribution in [0.15, 0.2) is 12.1 Å². The smallest absolute Gasteiger partial charge is 0.237 e. The topological polar surface area (TPSA) is 55.8 Å². The van der Waals surface area contributed by atoms with Crippen LogP contribution in [0.5, 0.6) is 5.75 Å². The molecule has 3 saturated heterocycles. The van der Waals surface area contributed by atoms with Crippen LogP contribution in [-0.2, 0) is 4.79 Å². The Balaban J connectivity index is 1.51. The number of fused-ring (bicyclic) bond motifs is 1. The molecule has 7 heteroatoms. The molecule has 2 N–H and O–H groups in total. The molecule has 0 spiro atoms. The van der Waals surface area contributed by atoms with Crippen LogP contribution >= 0.6 is 23.2 Å². The molecule has 0 saturated carbocycles. The second-order valence-electron chi connectivity index (χ2n) is 6.97. The van der Waals surface area contributed by atoms with E-state index in [2.05, 4.69) is 15.1 Å². The molecule has 3 aliphatic heterocycles. The minimum Gasteiger partial charge on any atom is -0.508 e. The third-order valence-electron chi connectivity index (χ3n) is 5.63.